The van der Waals surface area contributed by atoms with Gasteiger partial charge in [-0.15, -0.1) is 32.1 Å². The molecule has 0 spiro atoms. The minimum Gasteiger partial charge on any atom is -0.251 e. The van der Waals surface area contributed by atoms with E-state index in [2.05, 4.69) is 25.2 Å². The highest BCUT2D eigenvalue weighted by molar-refractivity contribution is 5.85. The molecule has 0 heterocycles. The van der Waals surface area contributed by atoms with Crippen LogP contribution >= 0.6 is 12.4 Å². The Morgan fingerprint density at radius 2 is 1.50 bits per heavy atom. The van der Waals surface area contributed by atoms with E-state index in [1.807, 2.05) is 23.2 Å². The highest BCUT2D eigenvalue weighted by Crippen LogP contribution is 1.82. The van der Waals surface area contributed by atoms with E-state index in [4.69, 9.17) is 0 Å². The van der Waals surface area contributed by atoms with E-state index < -0.39 is 0 Å². The molecule has 3 heteroatoms. The fourth-order valence-corrected chi connectivity index (χ4v) is 0.709. The second kappa shape index (κ2) is 10.4. The molecular weight excluding hydrogens is 172 g/mol. The van der Waals surface area contributed by atoms with E-state index in [0.29, 0.717) is 0 Å². The summed E-state index contributed by atoms with van der Waals surface area (Å²) in [6.07, 6.45) is 5.51. The normalized spacial score (nSPS) is 8.75. The third kappa shape index (κ3) is 7.54. The second-order valence-electron chi connectivity index (χ2n) is 2.13. The number of hydrazine groups is 1. The molecule has 0 saturated carbocycles. The van der Waals surface area contributed by atoms with Gasteiger partial charge in [0.15, 0.2) is 0 Å². The monoisotopic (exact) mass is 188 g/mol. The predicted molar refractivity (Wildman–Crippen MR) is 57.4 cm³/mol. The Bertz CT molecular complexity index is 124. The standard InChI is InChI=1S/C9H16N2.ClH/c1-4-7-10-11(8-5-2)9-6-3;/h4-6,10H,1-3,7-9H2;1H. The fraction of sp³-hybridized carbons (Fsp3) is 0.333. The molecule has 0 unspecified atom stereocenters. The molecule has 12 heavy (non-hydrogen) atoms. The minimum absolute atomic E-state index is 0. The molecule has 0 atom stereocenters. The van der Waals surface area contributed by atoms with Crippen molar-refractivity contribution in [1.82, 2.24) is 10.4 Å². The van der Waals surface area contributed by atoms with Gasteiger partial charge in [-0.05, 0) is 0 Å². The van der Waals surface area contributed by atoms with Crippen molar-refractivity contribution >= 4 is 12.4 Å². The van der Waals surface area contributed by atoms with Crippen molar-refractivity contribution in [2.75, 3.05) is 19.6 Å². The van der Waals surface area contributed by atoms with Crippen LogP contribution in [0, 0.1) is 0 Å². The van der Waals surface area contributed by atoms with Crippen molar-refractivity contribution < 1.29 is 0 Å². The molecule has 0 aliphatic rings. The molecule has 0 rings (SSSR count). The first-order valence-electron chi connectivity index (χ1n) is 3.66. The lowest BCUT2D eigenvalue weighted by atomic mass is 10.5. The lowest BCUT2D eigenvalue weighted by molar-refractivity contribution is 0.246. The molecule has 0 aromatic heterocycles. The van der Waals surface area contributed by atoms with Gasteiger partial charge in [0, 0.05) is 19.6 Å². The molecular formula is C9H17ClN2. The maximum Gasteiger partial charge on any atom is 0.0312 e. The van der Waals surface area contributed by atoms with Gasteiger partial charge in [0.1, 0.15) is 0 Å². The molecule has 1 N–H and O–H groups in total. The summed E-state index contributed by atoms with van der Waals surface area (Å²) >= 11 is 0. The summed E-state index contributed by atoms with van der Waals surface area (Å²) in [7, 11) is 0. The maximum atomic E-state index is 3.65. The van der Waals surface area contributed by atoms with E-state index in [9.17, 15) is 0 Å². The molecule has 0 aromatic carbocycles. The van der Waals surface area contributed by atoms with Gasteiger partial charge >= 0.3 is 0 Å². The molecule has 0 amide bonds. The average Bonchev–Trinajstić information content (AvgIpc) is 2.01. The Morgan fingerprint density at radius 3 is 1.83 bits per heavy atom. The zero-order valence-electron chi connectivity index (χ0n) is 7.33. The number of hydrogen-bond acceptors (Lipinski definition) is 2. The van der Waals surface area contributed by atoms with Crippen LogP contribution in [0.25, 0.3) is 0 Å². The van der Waals surface area contributed by atoms with E-state index >= 15 is 0 Å². The van der Waals surface area contributed by atoms with Crippen LogP contribution in [0.2, 0.25) is 0 Å². The van der Waals surface area contributed by atoms with Crippen LogP contribution in [0.1, 0.15) is 0 Å². The van der Waals surface area contributed by atoms with E-state index in [0.717, 1.165) is 19.6 Å². The Balaban J connectivity index is 0. The Hall–Kier alpha value is -0.570. The molecule has 0 radical (unpaired) electrons. The average molecular weight is 189 g/mol. The quantitative estimate of drug-likeness (QED) is 0.484. The zero-order chi connectivity index (χ0) is 8.53. The molecule has 2 nitrogen and oxygen atoms in total. The SMILES string of the molecule is C=CCNN(CC=C)CC=C.Cl. The van der Waals surface area contributed by atoms with Crippen molar-refractivity contribution in [2.24, 2.45) is 0 Å². The van der Waals surface area contributed by atoms with Gasteiger partial charge in [-0.3, -0.25) is 5.43 Å². The summed E-state index contributed by atoms with van der Waals surface area (Å²) in [4.78, 5) is 0. The van der Waals surface area contributed by atoms with Gasteiger partial charge < -0.3 is 0 Å². The highest BCUT2D eigenvalue weighted by Gasteiger charge is 1.95. The van der Waals surface area contributed by atoms with Crippen molar-refractivity contribution in [3.8, 4) is 0 Å². The highest BCUT2D eigenvalue weighted by atomic mass is 35.5. The third-order valence-electron chi connectivity index (χ3n) is 1.16. The van der Waals surface area contributed by atoms with Gasteiger partial charge in [0.05, 0.1) is 0 Å². The number of halogens is 1. The van der Waals surface area contributed by atoms with Gasteiger partial charge in [0.25, 0.3) is 0 Å². The van der Waals surface area contributed by atoms with Crippen LogP contribution in [0.15, 0.2) is 38.0 Å². The molecule has 0 aromatic rings. The Kier molecular flexibility index (Phi) is 12.2. The molecule has 0 saturated heterocycles. The second-order valence-corrected chi connectivity index (χ2v) is 2.13. The van der Waals surface area contributed by atoms with E-state index in [1.54, 1.807) is 0 Å². The van der Waals surface area contributed by atoms with Gasteiger partial charge in [-0.1, -0.05) is 18.2 Å². The summed E-state index contributed by atoms with van der Waals surface area (Å²) in [5, 5.41) is 2.02. The summed E-state index contributed by atoms with van der Waals surface area (Å²) < 4.78 is 0. The minimum atomic E-state index is 0. The van der Waals surface area contributed by atoms with Gasteiger partial charge in [-0.2, -0.15) is 0 Å². The molecule has 70 valence electrons. The van der Waals surface area contributed by atoms with Crippen LogP contribution in [0.5, 0.6) is 0 Å². The van der Waals surface area contributed by atoms with Crippen LogP contribution in [-0.2, 0) is 0 Å². The fourth-order valence-electron chi connectivity index (χ4n) is 0.709. The molecule has 0 fully saturated rings. The summed E-state index contributed by atoms with van der Waals surface area (Å²) in [6.45, 7) is 13.3. The predicted octanol–water partition coefficient (Wildman–Crippen LogP) is 1.77. The zero-order valence-corrected chi connectivity index (χ0v) is 8.15. The van der Waals surface area contributed by atoms with Crippen LogP contribution in [0.3, 0.4) is 0 Å². The third-order valence-corrected chi connectivity index (χ3v) is 1.16. The first-order valence-corrected chi connectivity index (χ1v) is 3.66. The number of nitrogens with one attached hydrogen (secondary N) is 1. The molecule has 0 aliphatic carbocycles. The number of rotatable bonds is 7. The maximum absolute atomic E-state index is 3.65. The summed E-state index contributed by atoms with van der Waals surface area (Å²) in [5.74, 6) is 0. The molecule has 0 bridgehead atoms. The van der Waals surface area contributed by atoms with E-state index in [-0.39, 0.29) is 12.4 Å². The largest absolute Gasteiger partial charge is 0.251 e. The Morgan fingerprint density at radius 1 is 1.00 bits per heavy atom. The van der Waals surface area contributed by atoms with Gasteiger partial charge in [0.2, 0.25) is 0 Å². The Labute approximate surface area is 81.0 Å². The smallest absolute Gasteiger partial charge is 0.0312 e. The van der Waals surface area contributed by atoms with Crippen LogP contribution in [-0.4, -0.2) is 24.6 Å². The first kappa shape index (κ1) is 14.0. The van der Waals surface area contributed by atoms with Crippen molar-refractivity contribution in [3.05, 3.63) is 38.0 Å². The van der Waals surface area contributed by atoms with Crippen molar-refractivity contribution in [1.29, 1.82) is 0 Å². The number of nitrogens with zero attached hydrogens (tertiary/aromatic N) is 1. The lowest BCUT2D eigenvalue weighted by Crippen LogP contribution is -2.38. The van der Waals surface area contributed by atoms with Crippen LogP contribution < -0.4 is 5.43 Å². The van der Waals surface area contributed by atoms with E-state index in [1.165, 1.54) is 0 Å². The number of hydrogen-bond donors (Lipinski definition) is 1. The summed E-state index contributed by atoms with van der Waals surface area (Å²) in [5.41, 5.74) is 3.14. The van der Waals surface area contributed by atoms with Crippen LogP contribution in [0.4, 0.5) is 0 Å². The van der Waals surface area contributed by atoms with Gasteiger partial charge in [-0.25, -0.2) is 5.01 Å². The topological polar surface area (TPSA) is 15.3 Å². The molecule has 0 aliphatic heterocycles. The lowest BCUT2D eigenvalue weighted by Gasteiger charge is -2.18. The first-order chi connectivity index (χ1) is 5.35. The van der Waals surface area contributed by atoms with Crippen molar-refractivity contribution in [3.63, 3.8) is 0 Å². The summed E-state index contributed by atoms with van der Waals surface area (Å²) in [6, 6.07) is 0. The van der Waals surface area contributed by atoms with Crippen molar-refractivity contribution in [2.45, 2.75) is 0 Å².